The number of aliphatic carboxylic acids is 1. The average Bonchev–Trinajstić information content (AvgIpc) is 3.62. The Morgan fingerprint density at radius 3 is 2.21 bits per heavy atom. The minimum atomic E-state index is -0.964. The molecule has 3 aromatic rings. The highest BCUT2D eigenvalue weighted by molar-refractivity contribution is 5.78. The first-order valence-corrected chi connectivity index (χ1v) is 11.7. The molecule has 2 aromatic carbocycles. The number of hydrogen-bond donors (Lipinski definition) is 1. The zero-order valence-corrected chi connectivity index (χ0v) is 19.7. The van der Waals surface area contributed by atoms with E-state index in [9.17, 15) is 4.79 Å². The number of benzene rings is 2. The molecule has 1 fully saturated rings. The van der Waals surface area contributed by atoms with E-state index >= 15 is 0 Å². The quantitative estimate of drug-likeness (QED) is 0.419. The lowest BCUT2D eigenvalue weighted by Crippen LogP contribution is -2.36. The van der Waals surface area contributed by atoms with Crippen LogP contribution in [0.2, 0.25) is 0 Å². The van der Waals surface area contributed by atoms with Crippen molar-refractivity contribution in [2.24, 2.45) is 0 Å². The minimum Gasteiger partial charge on any atom is -0.480 e. The van der Waals surface area contributed by atoms with Crippen molar-refractivity contribution in [1.82, 2.24) is 9.97 Å². The Balaban J connectivity index is 1.52. The second kappa shape index (κ2) is 10.8. The summed E-state index contributed by atoms with van der Waals surface area (Å²) in [5.74, 6) is -0.169. The summed E-state index contributed by atoms with van der Waals surface area (Å²) in [6, 6.07) is 20.4. The van der Waals surface area contributed by atoms with Crippen LogP contribution in [0.1, 0.15) is 26.7 Å². The molecule has 34 heavy (non-hydrogen) atoms. The third-order valence-corrected chi connectivity index (χ3v) is 5.91. The maximum Gasteiger partial charge on any atom is 0.329 e. The number of nitrogens with zero attached hydrogens (tertiary/aromatic N) is 3. The number of carboxylic acid groups (broad SMARTS) is 1. The molecule has 1 saturated carbocycles. The van der Waals surface area contributed by atoms with E-state index in [4.69, 9.17) is 24.5 Å². The first-order chi connectivity index (χ1) is 16.5. The lowest BCUT2D eigenvalue weighted by Gasteiger charge is -2.29. The fourth-order valence-corrected chi connectivity index (χ4v) is 3.91. The zero-order valence-electron chi connectivity index (χ0n) is 19.7. The van der Waals surface area contributed by atoms with Crippen LogP contribution in [0.15, 0.2) is 66.9 Å². The summed E-state index contributed by atoms with van der Waals surface area (Å²) in [6.07, 6.45) is 3.60. The SMILES string of the molecule is CC(C)N(CCOC1(COCC(=O)O)CC1)c1cnc(-c2ccccc2)c(-c2ccccc2)n1. The molecular weight excluding hydrogens is 430 g/mol. The molecule has 4 rings (SSSR count). The van der Waals surface area contributed by atoms with Crippen molar-refractivity contribution in [3.05, 3.63) is 66.9 Å². The molecule has 7 nitrogen and oxygen atoms in total. The fourth-order valence-electron chi connectivity index (χ4n) is 3.91. The van der Waals surface area contributed by atoms with Gasteiger partial charge in [-0.2, -0.15) is 0 Å². The predicted octanol–water partition coefficient (Wildman–Crippen LogP) is 4.68. The van der Waals surface area contributed by atoms with Crippen molar-refractivity contribution in [3.8, 4) is 22.5 Å². The van der Waals surface area contributed by atoms with Gasteiger partial charge in [-0.1, -0.05) is 60.7 Å². The first-order valence-electron chi connectivity index (χ1n) is 11.7. The van der Waals surface area contributed by atoms with Crippen LogP contribution in [0.3, 0.4) is 0 Å². The molecule has 7 heteroatoms. The van der Waals surface area contributed by atoms with Gasteiger partial charge in [-0.15, -0.1) is 0 Å². The van der Waals surface area contributed by atoms with E-state index in [1.807, 2.05) is 54.7 Å². The van der Waals surface area contributed by atoms with Crippen LogP contribution in [-0.4, -0.2) is 59.1 Å². The van der Waals surface area contributed by atoms with Crippen molar-refractivity contribution >= 4 is 11.8 Å². The van der Waals surface area contributed by atoms with E-state index < -0.39 is 5.97 Å². The standard InChI is InChI=1S/C27H31N3O4/c1-20(2)30(15-16-34-27(13-14-27)19-33-18-24(31)32)23-17-28-25(21-9-5-3-6-10-21)26(29-23)22-11-7-4-8-12-22/h3-12,17,20H,13-16,18-19H2,1-2H3,(H,31,32). The minimum absolute atomic E-state index is 0.197. The Bertz CT molecular complexity index is 1090. The maximum atomic E-state index is 10.7. The van der Waals surface area contributed by atoms with Crippen LogP contribution >= 0.6 is 0 Å². The molecule has 1 aliphatic rings. The second-order valence-electron chi connectivity index (χ2n) is 8.86. The van der Waals surface area contributed by atoms with E-state index in [-0.39, 0.29) is 18.2 Å². The number of carboxylic acids is 1. The highest BCUT2D eigenvalue weighted by Crippen LogP contribution is 2.40. The van der Waals surface area contributed by atoms with Gasteiger partial charge >= 0.3 is 5.97 Å². The largest absolute Gasteiger partial charge is 0.480 e. The Labute approximate surface area is 200 Å². The average molecular weight is 462 g/mol. The van der Waals surface area contributed by atoms with E-state index in [0.29, 0.717) is 19.8 Å². The van der Waals surface area contributed by atoms with E-state index in [1.54, 1.807) is 0 Å². The molecule has 0 aliphatic heterocycles. The molecule has 1 heterocycles. The van der Waals surface area contributed by atoms with Gasteiger partial charge in [0.1, 0.15) is 12.4 Å². The summed E-state index contributed by atoms with van der Waals surface area (Å²) in [5, 5.41) is 8.78. The van der Waals surface area contributed by atoms with Crippen LogP contribution in [0.4, 0.5) is 5.82 Å². The van der Waals surface area contributed by atoms with Crippen molar-refractivity contribution in [2.75, 3.05) is 31.3 Å². The molecule has 0 saturated heterocycles. The molecule has 0 radical (unpaired) electrons. The summed E-state index contributed by atoms with van der Waals surface area (Å²) in [6.45, 7) is 5.40. The molecule has 0 spiro atoms. The fraction of sp³-hybridized carbons (Fsp3) is 0.370. The number of rotatable bonds is 12. The van der Waals surface area contributed by atoms with Gasteiger partial charge in [0.05, 0.1) is 36.4 Å². The third-order valence-electron chi connectivity index (χ3n) is 5.91. The van der Waals surface area contributed by atoms with Gasteiger partial charge in [0.2, 0.25) is 0 Å². The van der Waals surface area contributed by atoms with Gasteiger partial charge in [0, 0.05) is 23.7 Å². The lowest BCUT2D eigenvalue weighted by atomic mass is 10.0. The lowest BCUT2D eigenvalue weighted by molar-refractivity contribution is -0.144. The van der Waals surface area contributed by atoms with Crippen molar-refractivity contribution in [3.63, 3.8) is 0 Å². The van der Waals surface area contributed by atoms with E-state index in [0.717, 1.165) is 41.2 Å². The number of anilines is 1. The Morgan fingerprint density at radius 2 is 1.65 bits per heavy atom. The van der Waals surface area contributed by atoms with Crippen LogP contribution in [0.5, 0.6) is 0 Å². The van der Waals surface area contributed by atoms with Crippen LogP contribution in [0.25, 0.3) is 22.5 Å². The Hall–Kier alpha value is -3.29. The van der Waals surface area contributed by atoms with Crippen LogP contribution in [-0.2, 0) is 14.3 Å². The summed E-state index contributed by atoms with van der Waals surface area (Å²) in [7, 11) is 0. The molecule has 1 N–H and O–H groups in total. The zero-order chi connectivity index (χ0) is 24.0. The number of aromatic nitrogens is 2. The number of carbonyl (C=O) groups is 1. The van der Waals surface area contributed by atoms with Gasteiger partial charge in [0.15, 0.2) is 0 Å². The van der Waals surface area contributed by atoms with Crippen molar-refractivity contribution in [1.29, 1.82) is 0 Å². The van der Waals surface area contributed by atoms with Crippen molar-refractivity contribution < 1.29 is 19.4 Å². The highest BCUT2D eigenvalue weighted by atomic mass is 16.6. The first kappa shape index (κ1) is 23.9. The summed E-state index contributed by atoms with van der Waals surface area (Å²) in [5.41, 5.74) is 3.38. The monoisotopic (exact) mass is 461 g/mol. The van der Waals surface area contributed by atoms with Gasteiger partial charge in [-0.25, -0.2) is 9.78 Å². The molecule has 178 valence electrons. The number of ether oxygens (including phenoxy) is 2. The predicted molar refractivity (Wildman–Crippen MR) is 132 cm³/mol. The maximum absolute atomic E-state index is 10.7. The van der Waals surface area contributed by atoms with Gasteiger partial charge in [-0.3, -0.25) is 4.98 Å². The normalized spacial score (nSPS) is 14.2. The smallest absolute Gasteiger partial charge is 0.329 e. The Kier molecular flexibility index (Phi) is 7.55. The highest BCUT2D eigenvalue weighted by Gasteiger charge is 2.44. The van der Waals surface area contributed by atoms with Crippen LogP contribution < -0.4 is 4.90 Å². The van der Waals surface area contributed by atoms with Gasteiger partial charge < -0.3 is 19.5 Å². The molecule has 1 aromatic heterocycles. The molecule has 0 bridgehead atoms. The van der Waals surface area contributed by atoms with Gasteiger partial charge in [-0.05, 0) is 26.7 Å². The summed E-state index contributed by atoms with van der Waals surface area (Å²) in [4.78, 5) is 22.8. The molecule has 0 atom stereocenters. The summed E-state index contributed by atoms with van der Waals surface area (Å²) < 4.78 is 11.4. The van der Waals surface area contributed by atoms with Crippen LogP contribution in [0, 0.1) is 0 Å². The topological polar surface area (TPSA) is 84.8 Å². The number of hydrogen-bond acceptors (Lipinski definition) is 6. The molecular formula is C27H31N3O4. The van der Waals surface area contributed by atoms with E-state index in [2.05, 4.69) is 30.9 Å². The third kappa shape index (κ3) is 5.98. The van der Waals surface area contributed by atoms with Gasteiger partial charge in [0.25, 0.3) is 0 Å². The summed E-state index contributed by atoms with van der Waals surface area (Å²) >= 11 is 0. The molecule has 0 unspecified atom stereocenters. The van der Waals surface area contributed by atoms with E-state index in [1.165, 1.54) is 0 Å². The Morgan fingerprint density at radius 1 is 1.03 bits per heavy atom. The molecule has 1 aliphatic carbocycles. The van der Waals surface area contributed by atoms with Crippen molar-refractivity contribution in [2.45, 2.75) is 38.3 Å². The second-order valence-corrected chi connectivity index (χ2v) is 8.86. The molecule has 0 amide bonds.